The van der Waals surface area contributed by atoms with Crippen molar-refractivity contribution in [2.45, 2.75) is 53.4 Å². The minimum Gasteiger partial charge on any atom is -0.507 e. The van der Waals surface area contributed by atoms with Crippen LogP contribution in [0.3, 0.4) is 0 Å². The molecular formula is C17H26O4. The number of ether oxygens (including phenoxy) is 1. The number of aliphatic carboxylic acids is 1. The van der Waals surface area contributed by atoms with E-state index in [-0.39, 0.29) is 23.2 Å². The number of phenolic OH excluding ortho intramolecular Hbond substituents is 1. The highest BCUT2D eigenvalue weighted by atomic mass is 16.5. The summed E-state index contributed by atoms with van der Waals surface area (Å²) in [5.74, 6) is -0.253. The lowest BCUT2D eigenvalue weighted by molar-refractivity contribution is -0.139. The first kappa shape index (κ1) is 17.3. The minimum atomic E-state index is -1.02. The van der Waals surface area contributed by atoms with E-state index < -0.39 is 5.97 Å². The number of phenols is 1. The van der Waals surface area contributed by atoms with Crippen LogP contribution in [0.1, 0.15) is 52.7 Å². The smallest absolute Gasteiger partial charge is 0.341 e. The molecule has 0 saturated heterocycles. The molecular weight excluding hydrogens is 268 g/mol. The fourth-order valence-corrected chi connectivity index (χ4v) is 2.17. The second-order valence-corrected chi connectivity index (χ2v) is 7.65. The van der Waals surface area contributed by atoms with Crippen LogP contribution in [0.2, 0.25) is 0 Å². The van der Waals surface area contributed by atoms with Gasteiger partial charge in [0.05, 0.1) is 0 Å². The predicted molar refractivity (Wildman–Crippen MR) is 83.1 cm³/mol. The molecule has 0 unspecified atom stereocenters. The van der Waals surface area contributed by atoms with Gasteiger partial charge < -0.3 is 14.9 Å². The lowest BCUT2D eigenvalue weighted by Gasteiger charge is -2.26. The Hall–Kier alpha value is -1.71. The van der Waals surface area contributed by atoms with Crippen molar-refractivity contribution in [2.24, 2.45) is 5.41 Å². The Balaban J connectivity index is 3.28. The molecule has 1 aromatic carbocycles. The highest BCUT2D eigenvalue weighted by Gasteiger charge is 2.24. The van der Waals surface area contributed by atoms with Crippen molar-refractivity contribution in [3.05, 3.63) is 23.3 Å². The fraction of sp³-hybridized carbons (Fsp3) is 0.588. The Morgan fingerprint density at radius 3 is 2.14 bits per heavy atom. The van der Waals surface area contributed by atoms with Crippen LogP contribution in [0, 0.1) is 5.41 Å². The largest absolute Gasteiger partial charge is 0.507 e. The maximum Gasteiger partial charge on any atom is 0.341 e. The summed E-state index contributed by atoms with van der Waals surface area (Å²) in [4.78, 5) is 10.7. The first-order chi connectivity index (χ1) is 9.40. The van der Waals surface area contributed by atoms with Gasteiger partial charge in [-0.1, -0.05) is 41.5 Å². The Morgan fingerprint density at radius 1 is 1.14 bits per heavy atom. The third-order valence-corrected chi connectivity index (χ3v) is 3.05. The molecule has 1 aromatic rings. The zero-order valence-corrected chi connectivity index (χ0v) is 13.8. The number of benzene rings is 1. The van der Waals surface area contributed by atoms with Crippen LogP contribution < -0.4 is 4.74 Å². The first-order valence-corrected chi connectivity index (χ1v) is 7.11. The molecule has 21 heavy (non-hydrogen) atoms. The molecule has 0 aromatic heterocycles. The zero-order valence-electron chi connectivity index (χ0n) is 13.8. The van der Waals surface area contributed by atoms with Crippen LogP contribution in [-0.4, -0.2) is 22.8 Å². The topological polar surface area (TPSA) is 66.8 Å². The summed E-state index contributed by atoms with van der Waals surface area (Å²) < 4.78 is 5.30. The standard InChI is InChI=1S/C17H26O4/c1-16(2,3)9-11-7-12(21-10-14(18)19)8-13(15(11)20)17(4,5)6/h7-8,20H,9-10H2,1-6H3,(H,18,19). The lowest BCUT2D eigenvalue weighted by Crippen LogP contribution is -2.16. The van der Waals surface area contributed by atoms with E-state index in [2.05, 4.69) is 20.8 Å². The molecule has 0 fully saturated rings. The molecule has 1 rings (SSSR count). The van der Waals surface area contributed by atoms with Gasteiger partial charge >= 0.3 is 5.97 Å². The third-order valence-electron chi connectivity index (χ3n) is 3.05. The van der Waals surface area contributed by atoms with E-state index in [1.165, 1.54) is 0 Å². The molecule has 2 N–H and O–H groups in total. The van der Waals surface area contributed by atoms with Crippen molar-refractivity contribution in [3.8, 4) is 11.5 Å². The van der Waals surface area contributed by atoms with Crippen molar-refractivity contribution in [3.63, 3.8) is 0 Å². The van der Waals surface area contributed by atoms with Crippen molar-refractivity contribution in [1.29, 1.82) is 0 Å². The van der Waals surface area contributed by atoms with Crippen LogP contribution in [0.25, 0.3) is 0 Å². The second-order valence-electron chi connectivity index (χ2n) is 7.65. The van der Waals surface area contributed by atoms with Gasteiger partial charge in [0, 0.05) is 5.56 Å². The SMILES string of the molecule is CC(C)(C)Cc1cc(OCC(=O)O)cc(C(C)(C)C)c1O. The summed E-state index contributed by atoms with van der Waals surface area (Å²) in [5.41, 5.74) is 1.32. The summed E-state index contributed by atoms with van der Waals surface area (Å²) in [6.07, 6.45) is 0.687. The van der Waals surface area contributed by atoms with Gasteiger partial charge in [-0.2, -0.15) is 0 Å². The van der Waals surface area contributed by atoms with Crippen molar-refractivity contribution in [1.82, 2.24) is 0 Å². The average Bonchev–Trinajstić information content (AvgIpc) is 2.26. The molecule has 0 aliphatic heterocycles. The Bertz CT molecular complexity index is 519. The minimum absolute atomic E-state index is 0.0120. The average molecular weight is 294 g/mol. The molecule has 0 aliphatic rings. The number of carbonyl (C=O) groups is 1. The van der Waals surface area contributed by atoms with Gasteiger partial charge in [0.15, 0.2) is 6.61 Å². The van der Waals surface area contributed by atoms with Gasteiger partial charge in [0.2, 0.25) is 0 Å². The van der Waals surface area contributed by atoms with E-state index in [9.17, 15) is 9.90 Å². The van der Waals surface area contributed by atoms with Crippen molar-refractivity contribution >= 4 is 5.97 Å². The predicted octanol–water partition coefficient (Wildman–Crippen LogP) is 3.74. The number of aromatic hydroxyl groups is 1. The number of carboxylic acid groups (broad SMARTS) is 1. The molecule has 0 bridgehead atoms. The van der Waals surface area contributed by atoms with Gasteiger partial charge in [-0.05, 0) is 34.9 Å². The molecule has 0 amide bonds. The van der Waals surface area contributed by atoms with Crippen molar-refractivity contribution < 1.29 is 19.7 Å². The normalized spacial score (nSPS) is 12.3. The zero-order chi connectivity index (χ0) is 16.4. The van der Waals surface area contributed by atoms with Gasteiger partial charge in [0.1, 0.15) is 11.5 Å². The number of rotatable bonds is 4. The highest BCUT2D eigenvalue weighted by molar-refractivity contribution is 5.68. The van der Waals surface area contributed by atoms with E-state index in [4.69, 9.17) is 9.84 Å². The van der Waals surface area contributed by atoms with Crippen LogP contribution >= 0.6 is 0 Å². The van der Waals surface area contributed by atoms with Gasteiger partial charge in [0.25, 0.3) is 0 Å². The highest BCUT2D eigenvalue weighted by Crippen LogP contribution is 2.39. The van der Waals surface area contributed by atoms with Gasteiger partial charge in [-0.3, -0.25) is 0 Å². The molecule has 0 heterocycles. The maximum atomic E-state index is 10.7. The molecule has 0 radical (unpaired) electrons. The molecule has 4 nitrogen and oxygen atoms in total. The molecule has 118 valence electrons. The number of hydrogen-bond acceptors (Lipinski definition) is 3. The van der Waals surface area contributed by atoms with E-state index in [0.717, 1.165) is 11.1 Å². The molecule has 0 atom stereocenters. The fourth-order valence-electron chi connectivity index (χ4n) is 2.17. The summed E-state index contributed by atoms with van der Waals surface area (Å²) in [7, 11) is 0. The van der Waals surface area contributed by atoms with E-state index >= 15 is 0 Å². The Labute approximate surface area is 126 Å². The first-order valence-electron chi connectivity index (χ1n) is 7.11. The van der Waals surface area contributed by atoms with Gasteiger partial charge in [-0.25, -0.2) is 4.79 Å². The van der Waals surface area contributed by atoms with E-state index in [1.54, 1.807) is 12.1 Å². The Morgan fingerprint density at radius 2 is 1.71 bits per heavy atom. The van der Waals surface area contributed by atoms with Crippen LogP contribution in [0.5, 0.6) is 11.5 Å². The lowest BCUT2D eigenvalue weighted by atomic mass is 9.81. The van der Waals surface area contributed by atoms with Crippen LogP contribution in [0.4, 0.5) is 0 Å². The number of carboxylic acids is 1. The third kappa shape index (κ3) is 5.29. The molecule has 0 aliphatic carbocycles. The van der Waals surface area contributed by atoms with Gasteiger partial charge in [-0.15, -0.1) is 0 Å². The summed E-state index contributed by atoms with van der Waals surface area (Å²) in [6.45, 7) is 11.9. The molecule has 0 saturated carbocycles. The monoisotopic (exact) mass is 294 g/mol. The molecule has 0 spiro atoms. The summed E-state index contributed by atoms with van der Waals surface area (Å²) in [6, 6.07) is 3.46. The quantitative estimate of drug-likeness (QED) is 0.887. The maximum absolute atomic E-state index is 10.7. The van der Waals surface area contributed by atoms with Crippen molar-refractivity contribution in [2.75, 3.05) is 6.61 Å². The second kappa shape index (κ2) is 5.96. The number of hydrogen-bond donors (Lipinski definition) is 2. The van der Waals surface area contributed by atoms with E-state index in [0.29, 0.717) is 12.2 Å². The van der Waals surface area contributed by atoms with Crippen LogP contribution in [-0.2, 0) is 16.6 Å². The van der Waals surface area contributed by atoms with E-state index in [1.807, 2.05) is 20.8 Å². The molecule has 4 heteroatoms. The van der Waals surface area contributed by atoms with Crippen LogP contribution in [0.15, 0.2) is 12.1 Å². The Kier molecular flexibility index (Phi) is 4.92. The summed E-state index contributed by atoms with van der Waals surface area (Å²) >= 11 is 0. The summed E-state index contributed by atoms with van der Waals surface area (Å²) in [5, 5.41) is 19.3.